The van der Waals surface area contributed by atoms with E-state index in [2.05, 4.69) is 43.4 Å². The molecule has 0 aliphatic carbocycles. The summed E-state index contributed by atoms with van der Waals surface area (Å²) in [5.74, 6) is 0.924. The van der Waals surface area contributed by atoms with E-state index in [1.165, 1.54) is 5.56 Å². The van der Waals surface area contributed by atoms with Crippen LogP contribution in [0.3, 0.4) is 0 Å². The van der Waals surface area contributed by atoms with Crippen LogP contribution in [0.2, 0.25) is 0 Å². The first-order valence-corrected chi connectivity index (χ1v) is 8.15. The monoisotopic (exact) mass is 293 g/mol. The molecule has 0 spiro atoms. The van der Waals surface area contributed by atoms with Crippen LogP contribution < -0.4 is 10.1 Å². The number of benzene rings is 1. The standard InChI is InChI=1S/C18H31NO2/c1-6-8-17(20-5)18(19-13-7-2)15-9-11-16(12-10-15)21-14(3)4/h9-12,14,17-19H,6-8,13H2,1-5H3. The molecule has 0 saturated heterocycles. The third-order valence-electron chi connectivity index (χ3n) is 3.47. The Kier molecular flexibility index (Phi) is 8.40. The van der Waals surface area contributed by atoms with Crippen LogP contribution >= 0.6 is 0 Å². The van der Waals surface area contributed by atoms with Gasteiger partial charge in [0.25, 0.3) is 0 Å². The summed E-state index contributed by atoms with van der Waals surface area (Å²) in [7, 11) is 1.80. The second-order valence-corrected chi connectivity index (χ2v) is 5.73. The largest absolute Gasteiger partial charge is 0.491 e. The third kappa shape index (κ3) is 6.06. The fourth-order valence-electron chi connectivity index (χ4n) is 2.49. The molecule has 2 atom stereocenters. The summed E-state index contributed by atoms with van der Waals surface area (Å²) >= 11 is 0. The topological polar surface area (TPSA) is 30.5 Å². The van der Waals surface area contributed by atoms with Gasteiger partial charge in [0.15, 0.2) is 0 Å². The number of hydrogen-bond acceptors (Lipinski definition) is 3. The van der Waals surface area contributed by atoms with Crippen molar-refractivity contribution in [2.45, 2.75) is 65.2 Å². The van der Waals surface area contributed by atoms with E-state index in [4.69, 9.17) is 9.47 Å². The van der Waals surface area contributed by atoms with Crippen molar-refractivity contribution in [1.82, 2.24) is 5.32 Å². The zero-order valence-corrected chi connectivity index (χ0v) is 14.2. The van der Waals surface area contributed by atoms with Gasteiger partial charge in [0, 0.05) is 7.11 Å². The molecular weight excluding hydrogens is 262 g/mol. The number of nitrogens with one attached hydrogen (secondary N) is 1. The molecule has 1 N–H and O–H groups in total. The van der Waals surface area contributed by atoms with Crippen LogP contribution in [0.5, 0.6) is 5.75 Å². The van der Waals surface area contributed by atoms with Crippen LogP contribution in [0.15, 0.2) is 24.3 Å². The fraction of sp³-hybridized carbons (Fsp3) is 0.667. The Morgan fingerprint density at radius 1 is 1.05 bits per heavy atom. The Hall–Kier alpha value is -1.06. The Bertz CT molecular complexity index is 375. The summed E-state index contributed by atoms with van der Waals surface area (Å²) in [5, 5.41) is 3.62. The minimum Gasteiger partial charge on any atom is -0.491 e. The summed E-state index contributed by atoms with van der Waals surface area (Å²) < 4.78 is 11.4. The predicted molar refractivity (Wildman–Crippen MR) is 88.9 cm³/mol. The highest BCUT2D eigenvalue weighted by molar-refractivity contribution is 5.30. The van der Waals surface area contributed by atoms with Crippen molar-refractivity contribution in [3.63, 3.8) is 0 Å². The predicted octanol–water partition coefficient (Wildman–Crippen LogP) is 4.33. The van der Waals surface area contributed by atoms with Gasteiger partial charge in [0.2, 0.25) is 0 Å². The highest BCUT2D eigenvalue weighted by Crippen LogP contribution is 2.25. The van der Waals surface area contributed by atoms with Crippen molar-refractivity contribution in [1.29, 1.82) is 0 Å². The highest BCUT2D eigenvalue weighted by atomic mass is 16.5. The highest BCUT2D eigenvalue weighted by Gasteiger charge is 2.21. The van der Waals surface area contributed by atoms with Crippen molar-refractivity contribution in [2.75, 3.05) is 13.7 Å². The van der Waals surface area contributed by atoms with Gasteiger partial charge in [-0.1, -0.05) is 32.4 Å². The van der Waals surface area contributed by atoms with Crippen molar-refractivity contribution in [3.05, 3.63) is 29.8 Å². The van der Waals surface area contributed by atoms with Crippen molar-refractivity contribution >= 4 is 0 Å². The van der Waals surface area contributed by atoms with Gasteiger partial charge in [0.05, 0.1) is 18.2 Å². The summed E-state index contributed by atoms with van der Waals surface area (Å²) in [6.45, 7) is 9.47. The van der Waals surface area contributed by atoms with Crippen LogP contribution in [0, 0.1) is 0 Å². The molecule has 0 amide bonds. The van der Waals surface area contributed by atoms with Crippen LogP contribution in [-0.4, -0.2) is 25.9 Å². The lowest BCUT2D eigenvalue weighted by Crippen LogP contribution is -2.33. The number of rotatable bonds is 10. The molecule has 0 fully saturated rings. The number of methoxy groups -OCH3 is 1. The van der Waals surface area contributed by atoms with Crippen LogP contribution in [-0.2, 0) is 4.74 Å². The van der Waals surface area contributed by atoms with Crippen LogP contribution in [0.25, 0.3) is 0 Å². The van der Waals surface area contributed by atoms with Gasteiger partial charge in [-0.05, 0) is 50.9 Å². The van der Waals surface area contributed by atoms with E-state index in [1.807, 2.05) is 13.8 Å². The summed E-state index contributed by atoms with van der Waals surface area (Å²) in [5.41, 5.74) is 1.26. The molecule has 0 aromatic heterocycles. The Labute approximate surface area is 130 Å². The van der Waals surface area contributed by atoms with Gasteiger partial charge in [-0.25, -0.2) is 0 Å². The average Bonchev–Trinajstić information content (AvgIpc) is 2.47. The van der Waals surface area contributed by atoms with E-state index in [0.717, 1.165) is 31.6 Å². The van der Waals surface area contributed by atoms with E-state index in [9.17, 15) is 0 Å². The zero-order chi connectivity index (χ0) is 15.7. The summed E-state index contributed by atoms with van der Waals surface area (Å²) in [6.07, 6.45) is 3.71. The first kappa shape index (κ1) is 18.0. The van der Waals surface area contributed by atoms with Crippen LogP contribution in [0.1, 0.15) is 58.6 Å². The molecule has 3 nitrogen and oxygen atoms in total. The molecule has 0 saturated carbocycles. The van der Waals surface area contributed by atoms with Crippen molar-refractivity contribution in [3.8, 4) is 5.75 Å². The second kappa shape index (κ2) is 9.80. The molecule has 0 bridgehead atoms. The van der Waals surface area contributed by atoms with Gasteiger partial charge >= 0.3 is 0 Å². The molecule has 3 heteroatoms. The quantitative estimate of drug-likeness (QED) is 0.696. The van der Waals surface area contributed by atoms with Gasteiger partial charge in [-0.15, -0.1) is 0 Å². The fourth-order valence-corrected chi connectivity index (χ4v) is 2.49. The smallest absolute Gasteiger partial charge is 0.119 e. The molecule has 0 aliphatic rings. The van der Waals surface area contributed by atoms with E-state index >= 15 is 0 Å². The summed E-state index contributed by atoms with van der Waals surface area (Å²) in [4.78, 5) is 0. The SMILES string of the molecule is CCCNC(c1ccc(OC(C)C)cc1)C(CCC)OC. The first-order chi connectivity index (χ1) is 10.1. The Morgan fingerprint density at radius 2 is 1.71 bits per heavy atom. The van der Waals surface area contributed by atoms with E-state index in [1.54, 1.807) is 7.11 Å². The molecule has 21 heavy (non-hydrogen) atoms. The zero-order valence-electron chi connectivity index (χ0n) is 14.2. The van der Waals surface area contributed by atoms with Gasteiger partial charge in [-0.3, -0.25) is 0 Å². The van der Waals surface area contributed by atoms with E-state index < -0.39 is 0 Å². The number of hydrogen-bond donors (Lipinski definition) is 1. The number of ether oxygens (including phenoxy) is 2. The Morgan fingerprint density at radius 3 is 2.19 bits per heavy atom. The third-order valence-corrected chi connectivity index (χ3v) is 3.47. The minimum absolute atomic E-state index is 0.205. The van der Waals surface area contributed by atoms with Gasteiger partial charge in [0.1, 0.15) is 5.75 Å². The maximum absolute atomic E-state index is 5.71. The lowest BCUT2D eigenvalue weighted by atomic mass is 9.97. The Balaban J connectivity index is 2.85. The molecule has 1 aromatic rings. The minimum atomic E-state index is 0.205. The maximum Gasteiger partial charge on any atom is 0.119 e. The molecular formula is C18H31NO2. The maximum atomic E-state index is 5.71. The van der Waals surface area contributed by atoms with Crippen molar-refractivity contribution < 1.29 is 9.47 Å². The van der Waals surface area contributed by atoms with Crippen LogP contribution in [0.4, 0.5) is 0 Å². The van der Waals surface area contributed by atoms with Gasteiger partial charge < -0.3 is 14.8 Å². The first-order valence-electron chi connectivity index (χ1n) is 8.15. The molecule has 120 valence electrons. The molecule has 1 rings (SSSR count). The normalized spacial score (nSPS) is 14.2. The molecule has 0 heterocycles. The van der Waals surface area contributed by atoms with Crippen molar-refractivity contribution in [2.24, 2.45) is 0 Å². The lowest BCUT2D eigenvalue weighted by Gasteiger charge is -2.27. The molecule has 0 radical (unpaired) electrons. The summed E-state index contributed by atoms with van der Waals surface area (Å²) in [6, 6.07) is 8.63. The average molecular weight is 293 g/mol. The van der Waals surface area contributed by atoms with Gasteiger partial charge in [-0.2, -0.15) is 0 Å². The molecule has 1 aromatic carbocycles. The van der Waals surface area contributed by atoms with E-state index in [0.29, 0.717) is 0 Å². The van der Waals surface area contributed by atoms with E-state index in [-0.39, 0.29) is 18.2 Å². The molecule has 0 aliphatic heterocycles. The lowest BCUT2D eigenvalue weighted by molar-refractivity contribution is 0.0606. The second-order valence-electron chi connectivity index (χ2n) is 5.73. The molecule has 2 unspecified atom stereocenters.